The average molecular weight is 246 g/mol. The summed E-state index contributed by atoms with van der Waals surface area (Å²) in [7, 11) is 1.89. The Morgan fingerprint density at radius 3 is 3.07 bits per heavy atom. The highest BCUT2D eigenvalue weighted by Gasteiger charge is 2.22. The van der Waals surface area contributed by atoms with Crippen LogP contribution in [0.1, 0.15) is 23.6 Å². The Morgan fingerprint density at radius 1 is 1.53 bits per heavy atom. The molecule has 0 amide bonds. The number of hydrogen-bond acceptors (Lipinski definition) is 2. The Balaban J connectivity index is 2.54. The molecule has 0 bridgehead atoms. The zero-order valence-electron chi connectivity index (χ0n) is 8.52. The predicted octanol–water partition coefficient (Wildman–Crippen LogP) is 3.38. The molecule has 1 aliphatic rings. The molecule has 0 spiro atoms. The molecule has 0 radical (unpaired) electrons. The van der Waals surface area contributed by atoms with Gasteiger partial charge in [-0.15, -0.1) is 0 Å². The summed E-state index contributed by atoms with van der Waals surface area (Å²) in [5, 5.41) is 3.88. The summed E-state index contributed by atoms with van der Waals surface area (Å²) in [5.74, 6) is 1.62. The fourth-order valence-electron chi connectivity index (χ4n) is 1.94. The second-order valence-electron chi connectivity index (χ2n) is 3.60. The minimum atomic E-state index is -0.135. The maximum atomic E-state index is 13.6. The monoisotopic (exact) mass is 245 g/mol. The molecule has 0 saturated carbocycles. The zero-order chi connectivity index (χ0) is 10.8. The van der Waals surface area contributed by atoms with E-state index in [2.05, 4.69) is 5.32 Å². The normalized spacial score (nSPS) is 20.9. The van der Waals surface area contributed by atoms with Gasteiger partial charge in [-0.05, 0) is 36.9 Å². The van der Waals surface area contributed by atoms with E-state index in [4.69, 9.17) is 11.6 Å². The summed E-state index contributed by atoms with van der Waals surface area (Å²) in [6, 6.07) is 3.29. The molecule has 1 atom stereocenters. The number of fused-ring (bicyclic) bond motifs is 1. The summed E-state index contributed by atoms with van der Waals surface area (Å²) in [6.07, 6.45) is 0.997. The van der Waals surface area contributed by atoms with E-state index < -0.39 is 0 Å². The molecule has 1 aromatic rings. The first kappa shape index (κ1) is 11.2. The minimum Gasteiger partial charge on any atom is -0.313 e. The predicted molar refractivity (Wildman–Crippen MR) is 64.0 cm³/mol. The van der Waals surface area contributed by atoms with E-state index >= 15 is 0 Å². The molecule has 15 heavy (non-hydrogen) atoms. The number of thioether (sulfide) groups is 1. The van der Waals surface area contributed by atoms with E-state index in [1.165, 1.54) is 6.07 Å². The van der Waals surface area contributed by atoms with Crippen LogP contribution in [0, 0.1) is 5.82 Å². The van der Waals surface area contributed by atoms with Gasteiger partial charge in [0.15, 0.2) is 0 Å². The molecule has 0 aromatic heterocycles. The van der Waals surface area contributed by atoms with Gasteiger partial charge in [0.25, 0.3) is 0 Å². The van der Waals surface area contributed by atoms with Crippen molar-refractivity contribution < 1.29 is 4.39 Å². The topological polar surface area (TPSA) is 12.0 Å². The maximum Gasteiger partial charge on any atom is 0.127 e. The van der Waals surface area contributed by atoms with Crippen molar-refractivity contribution in [2.75, 3.05) is 12.8 Å². The molecule has 1 aliphatic heterocycles. The second kappa shape index (κ2) is 4.73. The van der Waals surface area contributed by atoms with E-state index in [-0.39, 0.29) is 11.9 Å². The highest BCUT2D eigenvalue weighted by molar-refractivity contribution is 7.98. The van der Waals surface area contributed by atoms with Crippen molar-refractivity contribution in [3.05, 3.63) is 34.1 Å². The number of hydrogen-bond donors (Lipinski definition) is 1. The zero-order valence-corrected chi connectivity index (χ0v) is 10.1. The molecule has 2 rings (SSSR count). The van der Waals surface area contributed by atoms with Crippen molar-refractivity contribution in [1.82, 2.24) is 5.32 Å². The van der Waals surface area contributed by atoms with Gasteiger partial charge >= 0.3 is 0 Å². The van der Waals surface area contributed by atoms with Crippen LogP contribution in [0.15, 0.2) is 12.1 Å². The highest BCUT2D eigenvalue weighted by atomic mass is 35.5. The highest BCUT2D eigenvalue weighted by Crippen LogP contribution is 2.36. The van der Waals surface area contributed by atoms with Gasteiger partial charge in [0, 0.05) is 22.4 Å². The van der Waals surface area contributed by atoms with Gasteiger partial charge in [0.2, 0.25) is 0 Å². The molecule has 1 heterocycles. The molecule has 0 fully saturated rings. The van der Waals surface area contributed by atoms with Crippen LogP contribution in [0.25, 0.3) is 0 Å². The first-order chi connectivity index (χ1) is 7.24. The quantitative estimate of drug-likeness (QED) is 0.814. The summed E-state index contributed by atoms with van der Waals surface area (Å²) >= 11 is 7.91. The van der Waals surface area contributed by atoms with Gasteiger partial charge in [-0.25, -0.2) is 4.39 Å². The fourth-order valence-corrected chi connectivity index (χ4v) is 3.29. The van der Waals surface area contributed by atoms with E-state index in [9.17, 15) is 4.39 Å². The largest absolute Gasteiger partial charge is 0.313 e. The summed E-state index contributed by atoms with van der Waals surface area (Å²) in [5.41, 5.74) is 1.72. The SMILES string of the molecule is CNC1CCSCc2c(F)ccc(Cl)c21. The van der Waals surface area contributed by atoms with Gasteiger partial charge < -0.3 is 5.32 Å². The Hall–Kier alpha value is -0.250. The van der Waals surface area contributed by atoms with Crippen molar-refractivity contribution in [1.29, 1.82) is 0 Å². The Kier molecular flexibility index (Phi) is 3.54. The summed E-state index contributed by atoms with van der Waals surface area (Å²) in [6.45, 7) is 0. The van der Waals surface area contributed by atoms with Gasteiger partial charge in [0.05, 0.1) is 0 Å². The molecule has 1 N–H and O–H groups in total. The number of halogens is 2. The van der Waals surface area contributed by atoms with Crippen LogP contribution in [-0.2, 0) is 5.75 Å². The minimum absolute atomic E-state index is 0.135. The maximum absolute atomic E-state index is 13.6. The molecular weight excluding hydrogens is 233 g/mol. The van der Waals surface area contributed by atoms with Crippen molar-refractivity contribution in [3.8, 4) is 0 Å². The van der Waals surface area contributed by atoms with Gasteiger partial charge in [-0.3, -0.25) is 0 Å². The molecule has 4 heteroatoms. The number of nitrogens with one attached hydrogen (secondary N) is 1. The van der Waals surface area contributed by atoms with Crippen molar-refractivity contribution in [3.63, 3.8) is 0 Å². The Labute approximate surface area is 98.4 Å². The molecule has 1 aromatic carbocycles. The van der Waals surface area contributed by atoms with Crippen LogP contribution < -0.4 is 5.32 Å². The summed E-state index contributed by atoms with van der Waals surface area (Å²) in [4.78, 5) is 0. The molecule has 1 unspecified atom stereocenters. The van der Waals surface area contributed by atoms with E-state index in [1.807, 2.05) is 7.05 Å². The standard InChI is InChI=1S/C11H13ClFNS/c1-14-10-4-5-15-6-7-9(13)3-2-8(12)11(7)10/h2-3,10,14H,4-6H2,1H3. The first-order valence-corrected chi connectivity index (χ1v) is 6.49. The van der Waals surface area contributed by atoms with Gasteiger partial charge in [0.1, 0.15) is 5.82 Å². The fraction of sp³-hybridized carbons (Fsp3) is 0.455. The molecule has 0 aliphatic carbocycles. The van der Waals surface area contributed by atoms with Crippen LogP contribution in [0.2, 0.25) is 5.02 Å². The third-order valence-corrected chi connectivity index (χ3v) is 4.09. The van der Waals surface area contributed by atoms with Crippen LogP contribution in [-0.4, -0.2) is 12.8 Å². The number of rotatable bonds is 1. The lowest BCUT2D eigenvalue weighted by molar-refractivity contribution is 0.565. The number of benzene rings is 1. The van der Waals surface area contributed by atoms with Crippen LogP contribution in [0.5, 0.6) is 0 Å². The molecular formula is C11H13ClFNS. The Morgan fingerprint density at radius 2 is 2.33 bits per heavy atom. The molecule has 82 valence electrons. The van der Waals surface area contributed by atoms with Crippen molar-refractivity contribution >= 4 is 23.4 Å². The summed E-state index contributed by atoms with van der Waals surface area (Å²) < 4.78 is 13.6. The third kappa shape index (κ3) is 2.14. The lowest BCUT2D eigenvalue weighted by Gasteiger charge is -2.18. The van der Waals surface area contributed by atoms with Crippen LogP contribution in [0.4, 0.5) is 4.39 Å². The van der Waals surface area contributed by atoms with Gasteiger partial charge in [-0.2, -0.15) is 11.8 Å². The van der Waals surface area contributed by atoms with Crippen LogP contribution >= 0.6 is 23.4 Å². The van der Waals surface area contributed by atoms with Gasteiger partial charge in [-0.1, -0.05) is 11.6 Å². The lowest BCUT2D eigenvalue weighted by Crippen LogP contribution is -2.18. The van der Waals surface area contributed by atoms with Crippen LogP contribution in [0.3, 0.4) is 0 Å². The Bertz CT molecular complexity index is 370. The second-order valence-corrected chi connectivity index (χ2v) is 5.12. The lowest BCUT2D eigenvalue weighted by atomic mass is 9.99. The average Bonchev–Trinajstić information content (AvgIpc) is 2.46. The third-order valence-electron chi connectivity index (χ3n) is 2.74. The van der Waals surface area contributed by atoms with E-state index in [0.717, 1.165) is 29.1 Å². The molecule has 1 nitrogen and oxygen atoms in total. The van der Waals surface area contributed by atoms with Crippen molar-refractivity contribution in [2.45, 2.75) is 18.2 Å². The van der Waals surface area contributed by atoms with Crippen molar-refractivity contribution in [2.24, 2.45) is 0 Å². The first-order valence-electron chi connectivity index (χ1n) is 4.96. The molecule has 0 saturated heterocycles. The smallest absolute Gasteiger partial charge is 0.127 e. The van der Waals surface area contributed by atoms with E-state index in [1.54, 1.807) is 17.8 Å². The van der Waals surface area contributed by atoms with E-state index in [0.29, 0.717) is 5.02 Å².